The van der Waals surface area contributed by atoms with Crippen molar-refractivity contribution in [3.63, 3.8) is 0 Å². The molecule has 2 aromatic heterocycles. The lowest BCUT2D eigenvalue weighted by Crippen LogP contribution is -2.70. The van der Waals surface area contributed by atoms with E-state index in [0.29, 0.717) is 21.3 Å². The molecule has 2 atom stereocenters. The Bertz CT molecular complexity index is 1660. The lowest BCUT2D eigenvalue weighted by Gasteiger charge is -2.49. The minimum atomic E-state index is -0.743. The zero-order chi connectivity index (χ0) is 30.6. The summed E-state index contributed by atoms with van der Waals surface area (Å²) in [4.78, 5) is 48.1. The van der Waals surface area contributed by atoms with Crippen molar-refractivity contribution in [3.05, 3.63) is 111 Å². The van der Waals surface area contributed by atoms with Crippen LogP contribution in [0.5, 0.6) is 0 Å². The number of thiophene rings is 1. The van der Waals surface area contributed by atoms with Crippen LogP contribution < -0.4 is 5.32 Å². The smallest absolute Gasteiger partial charge is 0.356 e. The van der Waals surface area contributed by atoms with Crippen LogP contribution in [0.1, 0.15) is 40.8 Å². The van der Waals surface area contributed by atoms with Gasteiger partial charge in [-0.3, -0.25) is 14.5 Å². The van der Waals surface area contributed by atoms with E-state index in [9.17, 15) is 14.4 Å². The van der Waals surface area contributed by atoms with E-state index in [2.05, 4.69) is 20.5 Å². The SMILES string of the molecule is CC(C)N=Nc1ncc(C2=C(C(=O)OC(c3ccccc3)c3ccccc3)N3C(=O)C(NC(=O)Cc4cccs4)C3SC2)s1. The highest BCUT2D eigenvalue weighted by molar-refractivity contribution is 8.00. The number of thioether (sulfide) groups is 1. The van der Waals surface area contributed by atoms with Crippen LogP contribution in [0.3, 0.4) is 0 Å². The van der Waals surface area contributed by atoms with Crippen LogP contribution in [0.2, 0.25) is 0 Å². The second-order valence-corrected chi connectivity index (χ2v) is 13.6. The van der Waals surface area contributed by atoms with Crippen LogP contribution in [-0.4, -0.2) is 50.9 Å². The number of nitrogens with one attached hydrogen (secondary N) is 1. The molecule has 2 amide bonds. The number of esters is 1. The summed E-state index contributed by atoms with van der Waals surface area (Å²) in [7, 11) is 0. The normalized spacial score (nSPS) is 18.1. The number of amides is 2. The standard InChI is InChI=1S/C32H29N5O4S3/c1-19(2)35-36-32-33-17-24(44-32)23-18-43-30-26(34-25(38)16-22-14-9-15-42-22)29(39)37(30)27(23)31(40)41-28(20-10-5-3-6-11-20)21-12-7-4-8-13-21/h3-15,17,19,26,28,30H,16,18H2,1-2H3,(H,34,38). The minimum Gasteiger partial charge on any atom is -0.448 e. The number of fused-ring (bicyclic) bond motifs is 1. The van der Waals surface area contributed by atoms with E-state index in [1.165, 1.54) is 39.3 Å². The molecule has 0 spiro atoms. The first-order valence-corrected chi connectivity index (χ1v) is 16.8. The molecule has 0 aliphatic carbocycles. The zero-order valence-electron chi connectivity index (χ0n) is 24.0. The average Bonchev–Trinajstić information content (AvgIpc) is 3.74. The summed E-state index contributed by atoms with van der Waals surface area (Å²) in [6, 6.07) is 22.0. The molecule has 2 aromatic carbocycles. The van der Waals surface area contributed by atoms with Crippen LogP contribution in [0.25, 0.3) is 5.57 Å². The number of azo groups is 1. The van der Waals surface area contributed by atoms with Gasteiger partial charge in [-0.05, 0) is 36.4 Å². The zero-order valence-corrected chi connectivity index (χ0v) is 26.4. The highest BCUT2D eigenvalue weighted by Crippen LogP contribution is 2.46. The third-order valence-electron chi connectivity index (χ3n) is 6.99. The van der Waals surface area contributed by atoms with Crippen LogP contribution in [0.4, 0.5) is 5.13 Å². The van der Waals surface area contributed by atoms with Crippen molar-refractivity contribution in [2.75, 3.05) is 5.75 Å². The number of hydrogen-bond donors (Lipinski definition) is 1. The Kier molecular flexibility index (Phi) is 9.01. The van der Waals surface area contributed by atoms with Gasteiger partial charge in [0.15, 0.2) is 6.10 Å². The van der Waals surface area contributed by atoms with Crippen LogP contribution in [-0.2, 0) is 25.5 Å². The Hall–Kier alpha value is -4.13. The largest absolute Gasteiger partial charge is 0.448 e. The van der Waals surface area contributed by atoms with Gasteiger partial charge in [-0.2, -0.15) is 5.11 Å². The topological polar surface area (TPSA) is 113 Å². The molecule has 44 heavy (non-hydrogen) atoms. The predicted octanol–water partition coefficient (Wildman–Crippen LogP) is 6.38. The number of aromatic nitrogens is 1. The van der Waals surface area contributed by atoms with E-state index in [-0.39, 0.29) is 30.0 Å². The van der Waals surface area contributed by atoms with E-state index in [0.717, 1.165) is 16.0 Å². The van der Waals surface area contributed by atoms with Gasteiger partial charge in [0, 0.05) is 22.4 Å². The fourth-order valence-electron chi connectivity index (χ4n) is 4.96. The highest BCUT2D eigenvalue weighted by atomic mass is 32.2. The molecule has 9 nitrogen and oxygen atoms in total. The van der Waals surface area contributed by atoms with Gasteiger partial charge in [-0.1, -0.05) is 78.1 Å². The van der Waals surface area contributed by atoms with Gasteiger partial charge in [0.25, 0.3) is 5.91 Å². The van der Waals surface area contributed by atoms with Crippen molar-refractivity contribution in [2.24, 2.45) is 10.2 Å². The van der Waals surface area contributed by atoms with E-state index >= 15 is 0 Å². The Morgan fingerprint density at radius 3 is 2.39 bits per heavy atom. The summed E-state index contributed by atoms with van der Waals surface area (Å²) in [5, 5.41) is 13.2. The summed E-state index contributed by atoms with van der Waals surface area (Å²) < 4.78 is 6.24. The van der Waals surface area contributed by atoms with E-state index in [1.807, 2.05) is 92.0 Å². The second kappa shape index (κ2) is 13.2. The lowest BCUT2D eigenvalue weighted by molar-refractivity contribution is -0.154. The Balaban J connectivity index is 1.33. The molecule has 1 saturated heterocycles. The fourth-order valence-corrected chi connectivity index (χ4v) is 7.90. The number of carbonyl (C=O) groups is 3. The van der Waals surface area contributed by atoms with Crippen molar-refractivity contribution in [3.8, 4) is 0 Å². The predicted molar refractivity (Wildman–Crippen MR) is 173 cm³/mol. The third kappa shape index (κ3) is 6.37. The quantitative estimate of drug-likeness (QED) is 0.122. The minimum absolute atomic E-state index is 0.0108. The van der Waals surface area contributed by atoms with Crippen LogP contribution in [0.15, 0.2) is 100 Å². The maximum Gasteiger partial charge on any atom is 0.356 e. The number of benzene rings is 2. The summed E-state index contributed by atoms with van der Waals surface area (Å²) in [6.07, 6.45) is 1.15. The van der Waals surface area contributed by atoms with Crippen molar-refractivity contribution in [2.45, 2.75) is 43.8 Å². The maximum absolute atomic E-state index is 14.2. The number of β-lactam (4-membered cyclic amide) rings is 1. The summed E-state index contributed by atoms with van der Waals surface area (Å²) in [6.45, 7) is 3.85. The van der Waals surface area contributed by atoms with Gasteiger partial charge in [0.1, 0.15) is 17.1 Å². The second-order valence-electron chi connectivity index (χ2n) is 10.5. The van der Waals surface area contributed by atoms with Gasteiger partial charge in [-0.15, -0.1) is 28.2 Å². The summed E-state index contributed by atoms with van der Waals surface area (Å²) >= 11 is 4.28. The Morgan fingerprint density at radius 2 is 1.75 bits per heavy atom. The molecule has 2 aliphatic heterocycles. The third-order valence-corrected chi connectivity index (χ3v) is 10.1. The Morgan fingerprint density at radius 1 is 1.05 bits per heavy atom. The molecule has 1 N–H and O–H groups in total. The molecule has 6 rings (SSSR count). The van der Waals surface area contributed by atoms with Crippen molar-refractivity contribution in [1.29, 1.82) is 0 Å². The van der Waals surface area contributed by atoms with Crippen LogP contribution >= 0.6 is 34.4 Å². The van der Waals surface area contributed by atoms with E-state index in [1.54, 1.807) is 6.20 Å². The first-order valence-electron chi connectivity index (χ1n) is 14.1. The molecule has 0 bridgehead atoms. The summed E-state index contributed by atoms with van der Waals surface area (Å²) in [5.74, 6) is -0.800. The number of hydrogen-bond acceptors (Lipinski definition) is 10. The van der Waals surface area contributed by atoms with Gasteiger partial charge in [0.05, 0.1) is 17.3 Å². The number of thiazole rings is 1. The fraction of sp³-hybridized carbons (Fsp3) is 0.250. The highest BCUT2D eigenvalue weighted by Gasteiger charge is 2.55. The lowest BCUT2D eigenvalue weighted by atomic mass is 10.0. The van der Waals surface area contributed by atoms with E-state index in [4.69, 9.17) is 4.74 Å². The van der Waals surface area contributed by atoms with Crippen molar-refractivity contribution < 1.29 is 19.1 Å². The van der Waals surface area contributed by atoms with Crippen molar-refractivity contribution in [1.82, 2.24) is 15.2 Å². The molecular weight excluding hydrogens is 615 g/mol. The van der Waals surface area contributed by atoms with Gasteiger partial charge >= 0.3 is 5.97 Å². The monoisotopic (exact) mass is 643 g/mol. The number of ether oxygens (including phenoxy) is 1. The van der Waals surface area contributed by atoms with Crippen molar-refractivity contribution >= 4 is 62.9 Å². The van der Waals surface area contributed by atoms with Gasteiger partial charge < -0.3 is 10.1 Å². The van der Waals surface area contributed by atoms with Gasteiger partial charge in [0.2, 0.25) is 11.0 Å². The molecular formula is C32H29N5O4S3. The molecule has 0 saturated carbocycles. The van der Waals surface area contributed by atoms with Crippen LogP contribution in [0, 0.1) is 0 Å². The molecule has 4 aromatic rings. The molecule has 2 unspecified atom stereocenters. The molecule has 0 radical (unpaired) electrons. The number of rotatable bonds is 10. The molecule has 1 fully saturated rings. The van der Waals surface area contributed by atoms with E-state index < -0.39 is 23.5 Å². The average molecular weight is 644 g/mol. The van der Waals surface area contributed by atoms with Gasteiger partial charge in [-0.25, -0.2) is 9.78 Å². The molecule has 2 aliphatic rings. The first-order chi connectivity index (χ1) is 21.4. The number of nitrogens with zero attached hydrogens (tertiary/aromatic N) is 4. The summed E-state index contributed by atoms with van der Waals surface area (Å²) in [5.41, 5.74) is 2.41. The molecule has 4 heterocycles. The molecule has 12 heteroatoms. The first kappa shape index (κ1) is 29.9. The number of carbonyl (C=O) groups excluding carboxylic acids is 3. The molecule has 224 valence electrons. The Labute approximate surface area is 267 Å². The maximum atomic E-state index is 14.2.